The lowest BCUT2D eigenvalue weighted by molar-refractivity contribution is -0.141. The summed E-state index contributed by atoms with van der Waals surface area (Å²) in [4.78, 5) is 26.1. The zero-order valence-corrected chi connectivity index (χ0v) is 17.9. The molecule has 26 heavy (non-hydrogen) atoms. The molecular weight excluding hydrogens is 330 g/mol. The van der Waals surface area contributed by atoms with Crippen molar-refractivity contribution >= 4 is 11.8 Å². The number of likely N-dealkylation sites (tertiary alicyclic amines) is 1. The summed E-state index contributed by atoms with van der Waals surface area (Å²) in [6.07, 6.45) is 2.66. The number of nitrogens with one attached hydrogen (secondary N) is 1. The zero-order valence-electron chi connectivity index (χ0n) is 17.9. The highest BCUT2D eigenvalue weighted by Gasteiger charge is 2.41. The topological polar surface area (TPSA) is 84.7 Å². The van der Waals surface area contributed by atoms with Gasteiger partial charge in [0, 0.05) is 6.54 Å². The standard InChI is InChI=1S/C17H31N3O3.C3H8/c1-11(23-17(5,6)7)19-13(16(2,3)4)15(22)20-10-8-9-12(20)14(18)21;1-3-2/h12-13,19H,1,8-10H2,2-7H3,(H2,18,21);3H2,1-2H3/t12-,13+;/m0./s1. The fourth-order valence-corrected chi connectivity index (χ4v) is 2.70. The van der Waals surface area contributed by atoms with E-state index < -0.39 is 23.6 Å². The molecule has 2 atom stereocenters. The van der Waals surface area contributed by atoms with Crippen molar-refractivity contribution in [2.24, 2.45) is 11.1 Å². The van der Waals surface area contributed by atoms with Crippen molar-refractivity contribution < 1.29 is 14.3 Å². The monoisotopic (exact) mass is 369 g/mol. The maximum Gasteiger partial charge on any atom is 0.246 e. The molecule has 152 valence electrons. The van der Waals surface area contributed by atoms with Crippen LogP contribution in [0.5, 0.6) is 0 Å². The van der Waals surface area contributed by atoms with Crippen LogP contribution in [-0.2, 0) is 14.3 Å². The number of nitrogens with zero attached hydrogens (tertiary/aromatic N) is 1. The minimum absolute atomic E-state index is 0.141. The van der Waals surface area contributed by atoms with Gasteiger partial charge in [0.25, 0.3) is 0 Å². The highest BCUT2D eigenvalue weighted by atomic mass is 16.5. The normalized spacial score (nSPS) is 18.5. The van der Waals surface area contributed by atoms with Gasteiger partial charge in [0.05, 0.1) is 0 Å². The summed E-state index contributed by atoms with van der Waals surface area (Å²) < 4.78 is 5.68. The number of amides is 2. The highest BCUT2D eigenvalue weighted by Crippen LogP contribution is 2.26. The summed E-state index contributed by atoms with van der Waals surface area (Å²) in [6.45, 7) is 20.3. The van der Waals surface area contributed by atoms with Crippen LogP contribution in [0.1, 0.15) is 74.7 Å². The molecule has 0 radical (unpaired) electrons. The fourth-order valence-electron chi connectivity index (χ4n) is 2.70. The molecule has 1 aliphatic heterocycles. The Morgan fingerprint density at radius 2 is 1.73 bits per heavy atom. The summed E-state index contributed by atoms with van der Waals surface area (Å²) in [7, 11) is 0. The Morgan fingerprint density at radius 1 is 1.23 bits per heavy atom. The van der Waals surface area contributed by atoms with Gasteiger partial charge in [-0.3, -0.25) is 9.59 Å². The molecule has 1 heterocycles. The van der Waals surface area contributed by atoms with Gasteiger partial charge in [0.1, 0.15) is 17.7 Å². The lowest BCUT2D eigenvalue weighted by Crippen LogP contribution is -2.56. The third-order valence-electron chi connectivity index (χ3n) is 3.71. The Kier molecular flexibility index (Phi) is 9.18. The van der Waals surface area contributed by atoms with Crippen LogP contribution >= 0.6 is 0 Å². The predicted molar refractivity (Wildman–Crippen MR) is 106 cm³/mol. The highest BCUT2D eigenvalue weighted by molar-refractivity contribution is 5.90. The third kappa shape index (κ3) is 8.11. The van der Waals surface area contributed by atoms with Gasteiger partial charge in [-0.25, -0.2) is 0 Å². The Hall–Kier alpha value is -1.72. The quantitative estimate of drug-likeness (QED) is 0.729. The summed E-state index contributed by atoms with van der Waals surface area (Å²) in [5.41, 5.74) is 4.65. The van der Waals surface area contributed by atoms with Crippen molar-refractivity contribution in [3.05, 3.63) is 12.5 Å². The number of nitrogens with two attached hydrogens (primary N) is 1. The molecule has 0 aromatic rings. The van der Waals surface area contributed by atoms with E-state index in [2.05, 4.69) is 25.7 Å². The molecule has 0 aromatic carbocycles. The van der Waals surface area contributed by atoms with Crippen LogP contribution in [0, 0.1) is 5.41 Å². The molecular formula is C20H39N3O3. The lowest BCUT2D eigenvalue weighted by Gasteiger charge is -2.36. The molecule has 2 amide bonds. The second-order valence-electron chi connectivity index (χ2n) is 8.88. The van der Waals surface area contributed by atoms with Crippen LogP contribution < -0.4 is 11.1 Å². The van der Waals surface area contributed by atoms with Gasteiger partial charge in [-0.05, 0) is 45.6 Å². The van der Waals surface area contributed by atoms with Crippen LogP contribution in [0.4, 0.5) is 0 Å². The lowest BCUT2D eigenvalue weighted by atomic mass is 9.85. The largest absolute Gasteiger partial charge is 0.474 e. The van der Waals surface area contributed by atoms with E-state index in [1.54, 1.807) is 4.90 Å². The number of hydrogen-bond acceptors (Lipinski definition) is 4. The van der Waals surface area contributed by atoms with E-state index in [9.17, 15) is 9.59 Å². The van der Waals surface area contributed by atoms with E-state index in [1.807, 2.05) is 41.5 Å². The third-order valence-corrected chi connectivity index (χ3v) is 3.71. The molecule has 0 unspecified atom stereocenters. The molecule has 3 N–H and O–H groups in total. The molecule has 6 heteroatoms. The second kappa shape index (κ2) is 9.83. The van der Waals surface area contributed by atoms with Crippen molar-refractivity contribution in [1.82, 2.24) is 10.2 Å². The molecule has 1 rings (SSSR count). The number of ether oxygens (including phenoxy) is 1. The summed E-state index contributed by atoms with van der Waals surface area (Å²) in [5, 5.41) is 3.09. The molecule has 0 spiro atoms. The first-order valence-electron chi connectivity index (χ1n) is 9.48. The number of carbonyl (C=O) groups excluding carboxylic acids is 2. The van der Waals surface area contributed by atoms with Crippen molar-refractivity contribution in [3.63, 3.8) is 0 Å². The molecule has 1 aliphatic rings. The van der Waals surface area contributed by atoms with Crippen molar-refractivity contribution in [1.29, 1.82) is 0 Å². The van der Waals surface area contributed by atoms with E-state index in [4.69, 9.17) is 10.5 Å². The van der Waals surface area contributed by atoms with Crippen molar-refractivity contribution in [3.8, 4) is 0 Å². The number of carbonyl (C=O) groups is 2. The van der Waals surface area contributed by atoms with E-state index in [0.717, 1.165) is 6.42 Å². The number of primary amides is 1. The van der Waals surface area contributed by atoms with Gasteiger partial charge >= 0.3 is 0 Å². The van der Waals surface area contributed by atoms with E-state index in [0.29, 0.717) is 18.8 Å². The van der Waals surface area contributed by atoms with E-state index in [-0.39, 0.29) is 11.3 Å². The fraction of sp³-hybridized carbons (Fsp3) is 0.800. The molecule has 0 bridgehead atoms. The summed E-state index contributed by atoms with van der Waals surface area (Å²) in [5.74, 6) is -0.244. The molecule has 0 aromatic heterocycles. The van der Waals surface area contributed by atoms with Crippen LogP contribution in [0.2, 0.25) is 0 Å². The van der Waals surface area contributed by atoms with E-state index in [1.165, 1.54) is 6.42 Å². The van der Waals surface area contributed by atoms with Gasteiger partial charge in [0.15, 0.2) is 5.88 Å². The molecule has 1 saturated heterocycles. The number of rotatable bonds is 5. The van der Waals surface area contributed by atoms with E-state index >= 15 is 0 Å². The predicted octanol–water partition coefficient (Wildman–Crippen LogP) is 3.17. The van der Waals surface area contributed by atoms with Crippen molar-refractivity contribution in [2.45, 2.75) is 92.3 Å². The Bertz CT molecular complexity index is 490. The average molecular weight is 370 g/mol. The minimum Gasteiger partial charge on any atom is -0.474 e. The summed E-state index contributed by atoms with van der Waals surface area (Å²) >= 11 is 0. The van der Waals surface area contributed by atoms with Gasteiger partial charge in [-0.15, -0.1) is 0 Å². The first-order valence-corrected chi connectivity index (χ1v) is 9.48. The van der Waals surface area contributed by atoms with Crippen molar-refractivity contribution in [2.75, 3.05) is 6.54 Å². The maximum absolute atomic E-state index is 13.0. The smallest absolute Gasteiger partial charge is 0.246 e. The molecule has 1 fully saturated rings. The van der Waals surface area contributed by atoms with Crippen LogP contribution in [0.25, 0.3) is 0 Å². The molecule has 0 aliphatic carbocycles. The van der Waals surface area contributed by atoms with Gasteiger partial charge in [-0.1, -0.05) is 41.0 Å². The zero-order chi connectivity index (χ0) is 20.7. The van der Waals surface area contributed by atoms with Crippen LogP contribution in [0.3, 0.4) is 0 Å². The first kappa shape index (κ1) is 24.3. The number of hydrogen-bond donors (Lipinski definition) is 2. The SMILES string of the molecule is C=C(N[C@H](C(=O)N1CCC[C@H]1C(N)=O)C(C)(C)C)OC(C)(C)C.CCC. The van der Waals surface area contributed by atoms with Gasteiger partial charge in [-0.2, -0.15) is 0 Å². The second-order valence-corrected chi connectivity index (χ2v) is 8.88. The Balaban J connectivity index is 0.00000194. The van der Waals surface area contributed by atoms with Gasteiger partial charge < -0.3 is 20.7 Å². The maximum atomic E-state index is 13.0. The van der Waals surface area contributed by atoms with Crippen LogP contribution in [0.15, 0.2) is 12.5 Å². The molecule has 0 saturated carbocycles. The average Bonchev–Trinajstić information content (AvgIpc) is 2.91. The minimum atomic E-state index is -0.544. The first-order chi connectivity index (χ1) is 11.7. The Labute approximate surface area is 159 Å². The summed E-state index contributed by atoms with van der Waals surface area (Å²) in [6, 6.07) is -1.07. The Morgan fingerprint density at radius 3 is 2.12 bits per heavy atom. The van der Waals surface area contributed by atoms with Gasteiger partial charge in [0.2, 0.25) is 11.8 Å². The van der Waals surface area contributed by atoms with Crippen LogP contribution in [-0.4, -0.2) is 40.9 Å². The molecule has 6 nitrogen and oxygen atoms in total.